The standard InChI is InChI=1S/C19H24ClN3O2/c1-13-2-3-15(10-16(13)20)22-7-4-14(5-8-22)23-9-6-19(12-23)11-17(24)21-18(19)25/h2-3,10,14H,4-9,11-12H2,1H3,(H,21,24,25). The molecule has 1 unspecified atom stereocenters. The van der Waals surface area contributed by atoms with Gasteiger partial charge in [-0.25, -0.2) is 0 Å². The highest BCUT2D eigenvalue weighted by molar-refractivity contribution is 6.31. The number of hydrogen-bond donors (Lipinski definition) is 1. The molecule has 1 spiro atoms. The van der Waals surface area contributed by atoms with E-state index in [2.05, 4.69) is 33.3 Å². The molecule has 0 radical (unpaired) electrons. The van der Waals surface area contributed by atoms with E-state index in [9.17, 15) is 9.59 Å². The molecule has 3 heterocycles. The summed E-state index contributed by atoms with van der Waals surface area (Å²) in [6, 6.07) is 6.77. The lowest BCUT2D eigenvalue weighted by Crippen LogP contribution is -2.45. The van der Waals surface area contributed by atoms with E-state index in [1.807, 2.05) is 6.92 Å². The van der Waals surface area contributed by atoms with Gasteiger partial charge in [0.05, 0.1) is 5.41 Å². The Morgan fingerprint density at radius 2 is 1.96 bits per heavy atom. The lowest BCUT2D eigenvalue weighted by atomic mass is 9.85. The molecule has 5 nitrogen and oxygen atoms in total. The van der Waals surface area contributed by atoms with Crippen molar-refractivity contribution in [2.75, 3.05) is 31.1 Å². The zero-order valence-electron chi connectivity index (χ0n) is 14.6. The highest BCUT2D eigenvalue weighted by Gasteiger charge is 2.51. The quantitative estimate of drug-likeness (QED) is 0.822. The van der Waals surface area contributed by atoms with Crippen molar-refractivity contribution in [2.45, 2.75) is 38.6 Å². The average Bonchev–Trinajstić information content (AvgIpc) is 3.14. The fourth-order valence-corrected chi connectivity index (χ4v) is 4.68. The number of rotatable bonds is 2. The molecule has 3 aliphatic rings. The molecule has 0 aliphatic carbocycles. The fraction of sp³-hybridized carbons (Fsp3) is 0.579. The molecule has 1 atom stereocenters. The number of carbonyl (C=O) groups excluding carboxylic acids is 2. The third kappa shape index (κ3) is 3.04. The number of aryl methyl sites for hydroxylation is 1. The topological polar surface area (TPSA) is 52.6 Å². The number of anilines is 1. The number of nitrogens with one attached hydrogen (secondary N) is 1. The second-order valence-electron chi connectivity index (χ2n) is 7.71. The van der Waals surface area contributed by atoms with Gasteiger partial charge in [-0.1, -0.05) is 17.7 Å². The van der Waals surface area contributed by atoms with Crippen molar-refractivity contribution in [1.29, 1.82) is 0 Å². The summed E-state index contributed by atoms with van der Waals surface area (Å²) in [6.07, 6.45) is 3.33. The minimum absolute atomic E-state index is 0.0632. The zero-order chi connectivity index (χ0) is 17.6. The van der Waals surface area contributed by atoms with E-state index in [-0.39, 0.29) is 11.8 Å². The van der Waals surface area contributed by atoms with E-state index >= 15 is 0 Å². The second kappa shape index (κ2) is 6.29. The van der Waals surface area contributed by atoms with Crippen molar-refractivity contribution in [2.24, 2.45) is 5.41 Å². The van der Waals surface area contributed by atoms with Crippen molar-refractivity contribution < 1.29 is 9.59 Å². The average molecular weight is 362 g/mol. The third-order valence-corrected chi connectivity index (χ3v) is 6.53. The maximum Gasteiger partial charge on any atom is 0.234 e. The van der Waals surface area contributed by atoms with Crippen LogP contribution in [0.5, 0.6) is 0 Å². The number of imide groups is 1. The summed E-state index contributed by atoms with van der Waals surface area (Å²) in [6.45, 7) is 5.66. The molecular weight excluding hydrogens is 338 g/mol. The summed E-state index contributed by atoms with van der Waals surface area (Å²) < 4.78 is 0. The Labute approximate surface area is 153 Å². The first kappa shape index (κ1) is 16.9. The number of carbonyl (C=O) groups is 2. The van der Waals surface area contributed by atoms with Gasteiger partial charge < -0.3 is 4.90 Å². The van der Waals surface area contributed by atoms with E-state index in [0.29, 0.717) is 12.5 Å². The van der Waals surface area contributed by atoms with Gasteiger partial charge in [-0.05, 0) is 50.4 Å². The highest BCUT2D eigenvalue weighted by atomic mass is 35.5. The molecule has 3 aliphatic heterocycles. The van der Waals surface area contributed by atoms with Crippen LogP contribution in [0.3, 0.4) is 0 Å². The Balaban J connectivity index is 1.37. The summed E-state index contributed by atoms with van der Waals surface area (Å²) in [7, 11) is 0. The smallest absolute Gasteiger partial charge is 0.234 e. The van der Waals surface area contributed by atoms with Crippen LogP contribution in [0.4, 0.5) is 5.69 Å². The molecule has 0 bridgehead atoms. The molecule has 6 heteroatoms. The van der Waals surface area contributed by atoms with Crippen LogP contribution in [-0.4, -0.2) is 48.9 Å². The van der Waals surface area contributed by atoms with Crippen molar-refractivity contribution >= 4 is 29.1 Å². The Morgan fingerprint density at radius 1 is 1.20 bits per heavy atom. The van der Waals surface area contributed by atoms with Crippen molar-refractivity contribution in [1.82, 2.24) is 10.2 Å². The van der Waals surface area contributed by atoms with Crippen LogP contribution in [-0.2, 0) is 9.59 Å². The molecular formula is C19H24ClN3O2. The fourth-order valence-electron chi connectivity index (χ4n) is 4.50. The van der Waals surface area contributed by atoms with Crippen LogP contribution in [0, 0.1) is 12.3 Å². The van der Waals surface area contributed by atoms with E-state index in [1.165, 1.54) is 5.69 Å². The number of amides is 2. The van der Waals surface area contributed by atoms with Crippen molar-refractivity contribution in [3.8, 4) is 0 Å². The maximum atomic E-state index is 12.2. The number of benzene rings is 1. The van der Waals surface area contributed by atoms with E-state index in [0.717, 1.165) is 56.0 Å². The van der Waals surface area contributed by atoms with Gasteiger partial charge in [-0.15, -0.1) is 0 Å². The second-order valence-corrected chi connectivity index (χ2v) is 8.11. The highest BCUT2D eigenvalue weighted by Crippen LogP contribution is 2.39. The normalized spacial score (nSPS) is 28.2. The van der Waals surface area contributed by atoms with E-state index in [1.54, 1.807) is 0 Å². The number of likely N-dealkylation sites (tertiary alicyclic amines) is 1. The van der Waals surface area contributed by atoms with Gasteiger partial charge in [-0.2, -0.15) is 0 Å². The molecule has 0 saturated carbocycles. The monoisotopic (exact) mass is 361 g/mol. The third-order valence-electron chi connectivity index (χ3n) is 6.12. The molecule has 25 heavy (non-hydrogen) atoms. The number of piperidine rings is 1. The number of halogens is 1. The lowest BCUT2D eigenvalue weighted by molar-refractivity contribution is -0.128. The Hall–Kier alpha value is -1.59. The number of hydrogen-bond acceptors (Lipinski definition) is 4. The van der Waals surface area contributed by atoms with Crippen LogP contribution in [0.15, 0.2) is 18.2 Å². The van der Waals surface area contributed by atoms with Gasteiger partial charge in [0, 0.05) is 42.8 Å². The molecule has 3 fully saturated rings. The van der Waals surface area contributed by atoms with E-state index < -0.39 is 5.41 Å². The first-order valence-electron chi connectivity index (χ1n) is 9.06. The molecule has 134 valence electrons. The van der Waals surface area contributed by atoms with Crippen LogP contribution < -0.4 is 10.2 Å². The van der Waals surface area contributed by atoms with Crippen LogP contribution in [0.1, 0.15) is 31.2 Å². The van der Waals surface area contributed by atoms with Gasteiger partial charge >= 0.3 is 0 Å². The molecule has 1 N–H and O–H groups in total. The van der Waals surface area contributed by atoms with Gasteiger partial charge in [0.2, 0.25) is 11.8 Å². The first-order valence-corrected chi connectivity index (χ1v) is 9.44. The predicted molar refractivity (Wildman–Crippen MR) is 97.8 cm³/mol. The van der Waals surface area contributed by atoms with E-state index in [4.69, 9.17) is 11.6 Å². The maximum absolute atomic E-state index is 12.2. The SMILES string of the molecule is Cc1ccc(N2CCC(N3CCC4(CC(=O)NC4=O)C3)CC2)cc1Cl. The van der Waals surface area contributed by atoms with Gasteiger partial charge in [0.25, 0.3) is 0 Å². The van der Waals surface area contributed by atoms with Crippen molar-refractivity contribution in [3.05, 3.63) is 28.8 Å². The summed E-state index contributed by atoms with van der Waals surface area (Å²) in [5, 5.41) is 3.30. The van der Waals surface area contributed by atoms with Gasteiger partial charge in [-0.3, -0.25) is 19.8 Å². The zero-order valence-corrected chi connectivity index (χ0v) is 15.3. The summed E-state index contributed by atoms with van der Waals surface area (Å²) in [5.74, 6) is -0.176. The summed E-state index contributed by atoms with van der Waals surface area (Å²) >= 11 is 6.26. The molecule has 4 rings (SSSR count). The Kier molecular flexibility index (Phi) is 4.24. The van der Waals surface area contributed by atoms with Crippen LogP contribution in [0.25, 0.3) is 0 Å². The minimum atomic E-state index is -0.460. The minimum Gasteiger partial charge on any atom is -0.371 e. The van der Waals surface area contributed by atoms with Crippen LogP contribution in [0.2, 0.25) is 5.02 Å². The number of nitrogens with zero attached hydrogens (tertiary/aromatic N) is 2. The molecule has 2 amide bonds. The predicted octanol–water partition coefficient (Wildman–Crippen LogP) is 2.36. The lowest BCUT2D eigenvalue weighted by Gasteiger charge is -2.38. The van der Waals surface area contributed by atoms with Gasteiger partial charge in [0.1, 0.15) is 0 Å². The summed E-state index contributed by atoms with van der Waals surface area (Å²) in [5.41, 5.74) is 1.83. The summed E-state index contributed by atoms with van der Waals surface area (Å²) in [4.78, 5) is 28.6. The molecule has 1 aromatic carbocycles. The molecule has 1 aromatic rings. The Bertz CT molecular complexity index is 715. The first-order chi connectivity index (χ1) is 12.0. The molecule has 0 aromatic heterocycles. The van der Waals surface area contributed by atoms with Crippen LogP contribution >= 0.6 is 11.6 Å². The molecule has 3 saturated heterocycles. The Morgan fingerprint density at radius 3 is 2.60 bits per heavy atom. The van der Waals surface area contributed by atoms with Gasteiger partial charge in [0.15, 0.2) is 0 Å². The van der Waals surface area contributed by atoms with Crippen molar-refractivity contribution in [3.63, 3.8) is 0 Å². The largest absolute Gasteiger partial charge is 0.371 e.